The quantitative estimate of drug-likeness (QED) is 0.497. The van der Waals surface area contributed by atoms with Crippen molar-refractivity contribution in [2.75, 3.05) is 6.54 Å². The van der Waals surface area contributed by atoms with Crippen molar-refractivity contribution in [3.05, 3.63) is 0 Å². The molecule has 0 atom stereocenters. The first-order chi connectivity index (χ1) is 3.77. The van der Waals surface area contributed by atoms with Crippen molar-refractivity contribution in [3.8, 4) is 0 Å². The lowest BCUT2D eigenvalue weighted by molar-refractivity contribution is 0.666. The minimum absolute atomic E-state index is 0.706. The van der Waals surface area contributed by atoms with Crippen LogP contribution >= 0.6 is 0 Å². The first kappa shape index (κ1) is 7.67. The molecule has 0 rings (SSSR count). The van der Waals surface area contributed by atoms with Crippen molar-refractivity contribution in [1.29, 1.82) is 0 Å². The van der Waals surface area contributed by atoms with Crippen molar-refractivity contribution < 1.29 is 0 Å². The molecule has 0 fully saturated rings. The molecule has 0 radical (unpaired) electrons. The third kappa shape index (κ3) is 5.67. The predicted molar refractivity (Wildman–Crippen MR) is 38.5 cm³/mol. The van der Waals surface area contributed by atoms with Gasteiger partial charge < -0.3 is 0 Å². The largest absolute Gasteiger partial charge is 0.297 e. The molecule has 0 aliphatic carbocycles. The molecule has 0 amide bonds. The molecule has 0 unspecified atom stereocenters. The van der Waals surface area contributed by atoms with Gasteiger partial charge in [0.1, 0.15) is 0 Å². The van der Waals surface area contributed by atoms with Crippen molar-refractivity contribution in [2.45, 2.75) is 27.2 Å². The minimum atomic E-state index is 0.706. The number of hydrogen-bond acceptors (Lipinski definition) is 1. The molecule has 0 aromatic heterocycles. The van der Waals surface area contributed by atoms with E-state index in [-0.39, 0.29) is 0 Å². The summed E-state index contributed by atoms with van der Waals surface area (Å²) in [5.74, 6) is 0.706. The van der Waals surface area contributed by atoms with Crippen molar-refractivity contribution >= 4 is 6.21 Å². The van der Waals surface area contributed by atoms with Gasteiger partial charge in [-0.25, -0.2) is 0 Å². The molecule has 0 aromatic rings. The average molecular weight is 113 g/mol. The molecule has 0 aromatic carbocycles. The molecule has 8 heavy (non-hydrogen) atoms. The lowest BCUT2D eigenvalue weighted by atomic mass is 10.2. The van der Waals surface area contributed by atoms with Gasteiger partial charge >= 0.3 is 0 Å². The number of aliphatic imine (C=N–C) groups is 1. The first-order valence-corrected chi connectivity index (χ1v) is 3.25. The molecule has 0 N–H and O–H groups in total. The van der Waals surface area contributed by atoms with Crippen LogP contribution in [0.1, 0.15) is 27.2 Å². The summed E-state index contributed by atoms with van der Waals surface area (Å²) in [7, 11) is 0. The maximum atomic E-state index is 4.16. The Hall–Kier alpha value is -0.330. The van der Waals surface area contributed by atoms with Crippen LogP contribution in [0.15, 0.2) is 4.99 Å². The average Bonchev–Trinajstić information content (AvgIpc) is 1.66. The van der Waals surface area contributed by atoms with Crippen LogP contribution in [0.4, 0.5) is 0 Å². The molecular formula is C7H15N. The summed E-state index contributed by atoms with van der Waals surface area (Å²) in [6.45, 7) is 7.43. The number of hydrogen-bond donors (Lipinski definition) is 0. The van der Waals surface area contributed by atoms with Gasteiger partial charge in [0.2, 0.25) is 0 Å². The predicted octanol–water partition coefficient (Wildman–Crippen LogP) is 2.12. The van der Waals surface area contributed by atoms with E-state index in [2.05, 4.69) is 25.8 Å². The van der Waals surface area contributed by atoms with Crippen LogP contribution in [-0.4, -0.2) is 12.8 Å². The van der Waals surface area contributed by atoms with Gasteiger partial charge in [-0.1, -0.05) is 20.8 Å². The standard InChI is InChI=1S/C7H15N/c1-4-5-8-6-7(2)3/h5,7H,4,6H2,1-3H3/b8-5-. The summed E-state index contributed by atoms with van der Waals surface area (Å²) < 4.78 is 0. The van der Waals surface area contributed by atoms with E-state index < -0.39 is 0 Å². The fourth-order valence-corrected chi connectivity index (χ4v) is 0.414. The Bertz CT molecular complexity index is 64.8. The highest BCUT2D eigenvalue weighted by atomic mass is 14.7. The third-order valence-corrected chi connectivity index (χ3v) is 0.782. The first-order valence-electron chi connectivity index (χ1n) is 3.25. The van der Waals surface area contributed by atoms with Crippen LogP contribution in [0, 0.1) is 5.92 Å². The molecule has 1 heteroatoms. The van der Waals surface area contributed by atoms with Crippen LogP contribution in [0.25, 0.3) is 0 Å². The van der Waals surface area contributed by atoms with Gasteiger partial charge in [0.25, 0.3) is 0 Å². The highest BCUT2D eigenvalue weighted by Gasteiger charge is 1.85. The zero-order chi connectivity index (χ0) is 6.41. The van der Waals surface area contributed by atoms with Crippen LogP contribution in [0.5, 0.6) is 0 Å². The minimum Gasteiger partial charge on any atom is -0.297 e. The number of rotatable bonds is 3. The SMILES string of the molecule is CC/C=N\CC(C)C. The maximum absolute atomic E-state index is 4.16. The second-order valence-electron chi connectivity index (χ2n) is 2.35. The van der Waals surface area contributed by atoms with E-state index in [9.17, 15) is 0 Å². The van der Waals surface area contributed by atoms with Crippen LogP contribution < -0.4 is 0 Å². The van der Waals surface area contributed by atoms with Gasteiger partial charge in [0, 0.05) is 6.54 Å². The zero-order valence-corrected chi connectivity index (χ0v) is 6.02. The topological polar surface area (TPSA) is 12.4 Å². The summed E-state index contributed by atoms with van der Waals surface area (Å²) >= 11 is 0. The van der Waals surface area contributed by atoms with Crippen molar-refractivity contribution in [1.82, 2.24) is 0 Å². The van der Waals surface area contributed by atoms with E-state index in [1.54, 1.807) is 0 Å². The van der Waals surface area contributed by atoms with E-state index >= 15 is 0 Å². The number of nitrogens with zero attached hydrogens (tertiary/aromatic N) is 1. The van der Waals surface area contributed by atoms with E-state index in [0.717, 1.165) is 13.0 Å². The second kappa shape index (κ2) is 4.82. The molecule has 0 aliphatic heterocycles. The lowest BCUT2D eigenvalue weighted by Gasteiger charge is -1.94. The Morgan fingerprint density at radius 1 is 1.50 bits per heavy atom. The molecule has 1 nitrogen and oxygen atoms in total. The molecule has 0 heterocycles. The Kier molecular flexibility index (Phi) is 4.62. The Morgan fingerprint density at radius 2 is 2.12 bits per heavy atom. The highest BCUT2D eigenvalue weighted by Crippen LogP contribution is 1.89. The fraction of sp³-hybridized carbons (Fsp3) is 0.857. The molecule has 48 valence electrons. The smallest absolute Gasteiger partial charge is 0.0408 e. The fourth-order valence-electron chi connectivity index (χ4n) is 0.414. The molecule has 0 saturated heterocycles. The molecule has 0 spiro atoms. The lowest BCUT2D eigenvalue weighted by Crippen LogP contribution is -1.91. The van der Waals surface area contributed by atoms with Crippen LogP contribution in [0.3, 0.4) is 0 Å². The molecule has 0 aliphatic rings. The molecule has 0 bridgehead atoms. The maximum Gasteiger partial charge on any atom is 0.0408 e. The van der Waals surface area contributed by atoms with Gasteiger partial charge in [-0.05, 0) is 18.6 Å². The summed E-state index contributed by atoms with van der Waals surface area (Å²) in [4.78, 5) is 4.16. The van der Waals surface area contributed by atoms with Gasteiger partial charge in [0.15, 0.2) is 0 Å². The Labute approximate surface area is 51.8 Å². The summed E-state index contributed by atoms with van der Waals surface area (Å²) in [5, 5.41) is 0. The van der Waals surface area contributed by atoms with E-state index in [0.29, 0.717) is 5.92 Å². The van der Waals surface area contributed by atoms with E-state index in [1.165, 1.54) is 0 Å². The highest BCUT2D eigenvalue weighted by molar-refractivity contribution is 5.56. The van der Waals surface area contributed by atoms with Crippen LogP contribution in [0.2, 0.25) is 0 Å². The van der Waals surface area contributed by atoms with Crippen LogP contribution in [-0.2, 0) is 0 Å². The summed E-state index contributed by atoms with van der Waals surface area (Å²) in [6, 6.07) is 0. The Balaban J connectivity index is 3.03. The summed E-state index contributed by atoms with van der Waals surface area (Å²) in [6.07, 6.45) is 3.03. The van der Waals surface area contributed by atoms with E-state index in [4.69, 9.17) is 0 Å². The molecular weight excluding hydrogens is 98.1 g/mol. The second-order valence-corrected chi connectivity index (χ2v) is 2.35. The van der Waals surface area contributed by atoms with E-state index in [1.807, 2.05) is 6.21 Å². The van der Waals surface area contributed by atoms with Gasteiger partial charge in [-0.15, -0.1) is 0 Å². The summed E-state index contributed by atoms with van der Waals surface area (Å²) in [5.41, 5.74) is 0. The zero-order valence-electron chi connectivity index (χ0n) is 6.02. The van der Waals surface area contributed by atoms with Gasteiger partial charge in [-0.2, -0.15) is 0 Å². The monoisotopic (exact) mass is 113 g/mol. The van der Waals surface area contributed by atoms with Crippen molar-refractivity contribution in [2.24, 2.45) is 10.9 Å². The van der Waals surface area contributed by atoms with Gasteiger partial charge in [-0.3, -0.25) is 4.99 Å². The Morgan fingerprint density at radius 3 is 2.50 bits per heavy atom. The normalized spacial score (nSPS) is 11.5. The third-order valence-electron chi connectivity index (χ3n) is 0.782. The van der Waals surface area contributed by atoms with Gasteiger partial charge in [0.05, 0.1) is 0 Å². The van der Waals surface area contributed by atoms with Crippen molar-refractivity contribution in [3.63, 3.8) is 0 Å². The molecule has 0 saturated carbocycles.